The van der Waals surface area contributed by atoms with Crippen LogP contribution in [0.4, 0.5) is 5.95 Å². The summed E-state index contributed by atoms with van der Waals surface area (Å²) in [7, 11) is 0. The third-order valence-corrected chi connectivity index (χ3v) is 1.84. The Labute approximate surface area is 78.6 Å². The predicted octanol–water partition coefficient (Wildman–Crippen LogP) is 0.718. The topological polar surface area (TPSA) is 63.8 Å². The van der Waals surface area contributed by atoms with Crippen LogP contribution in [0.15, 0.2) is 6.20 Å². The molecular weight excluding hydrogens is 164 g/mol. The lowest BCUT2D eigenvalue weighted by molar-refractivity contribution is 0.939. The van der Waals surface area contributed by atoms with Crippen LogP contribution in [-0.2, 0) is 6.42 Å². The standard InChI is InChI=1S/C9H16N4/c1-3-8-7(2)6-12-9(13-8)11-5-4-10/h6H,3-5,10H2,1-2H3,(H,11,12,13). The molecule has 0 spiro atoms. The molecule has 0 aliphatic heterocycles. The highest BCUT2D eigenvalue weighted by atomic mass is 15.1. The third kappa shape index (κ3) is 2.66. The molecule has 4 heteroatoms. The first kappa shape index (κ1) is 9.92. The molecule has 0 aromatic carbocycles. The van der Waals surface area contributed by atoms with E-state index < -0.39 is 0 Å². The van der Waals surface area contributed by atoms with E-state index in [0.717, 1.165) is 17.7 Å². The Morgan fingerprint density at radius 2 is 2.31 bits per heavy atom. The Kier molecular flexibility index (Phi) is 3.64. The average Bonchev–Trinajstić information content (AvgIpc) is 2.16. The monoisotopic (exact) mass is 180 g/mol. The second-order valence-corrected chi connectivity index (χ2v) is 2.89. The van der Waals surface area contributed by atoms with Gasteiger partial charge in [-0.2, -0.15) is 0 Å². The van der Waals surface area contributed by atoms with E-state index in [9.17, 15) is 0 Å². The Bertz CT molecular complexity index is 272. The van der Waals surface area contributed by atoms with Crippen molar-refractivity contribution in [3.05, 3.63) is 17.5 Å². The smallest absolute Gasteiger partial charge is 0.222 e. The summed E-state index contributed by atoms with van der Waals surface area (Å²) in [6.07, 6.45) is 2.77. The normalized spacial score (nSPS) is 10.1. The average molecular weight is 180 g/mol. The summed E-state index contributed by atoms with van der Waals surface area (Å²) in [4.78, 5) is 8.50. The molecule has 0 unspecified atom stereocenters. The first-order valence-electron chi connectivity index (χ1n) is 4.54. The largest absolute Gasteiger partial charge is 0.353 e. The van der Waals surface area contributed by atoms with E-state index in [-0.39, 0.29) is 0 Å². The van der Waals surface area contributed by atoms with Gasteiger partial charge in [0.1, 0.15) is 0 Å². The molecule has 0 atom stereocenters. The molecule has 13 heavy (non-hydrogen) atoms. The van der Waals surface area contributed by atoms with Crippen LogP contribution < -0.4 is 11.1 Å². The number of nitrogens with one attached hydrogen (secondary N) is 1. The molecule has 0 aliphatic rings. The van der Waals surface area contributed by atoms with E-state index in [4.69, 9.17) is 5.73 Å². The fourth-order valence-corrected chi connectivity index (χ4v) is 1.10. The summed E-state index contributed by atoms with van der Waals surface area (Å²) in [5, 5.41) is 3.05. The number of hydrogen-bond acceptors (Lipinski definition) is 4. The maximum atomic E-state index is 5.36. The van der Waals surface area contributed by atoms with Gasteiger partial charge in [0.25, 0.3) is 0 Å². The maximum Gasteiger partial charge on any atom is 0.222 e. The van der Waals surface area contributed by atoms with Crippen molar-refractivity contribution < 1.29 is 0 Å². The Morgan fingerprint density at radius 3 is 2.92 bits per heavy atom. The summed E-state index contributed by atoms with van der Waals surface area (Å²) in [5.41, 5.74) is 7.59. The van der Waals surface area contributed by atoms with E-state index in [0.29, 0.717) is 19.0 Å². The third-order valence-electron chi connectivity index (χ3n) is 1.84. The molecule has 1 rings (SSSR count). The number of aromatic nitrogens is 2. The zero-order chi connectivity index (χ0) is 9.68. The maximum absolute atomic E-state index is 5.36. The number of nitrogens with two attached hydrogens (primary N) is 1. The van der Waals surface area contributed by atoms with Crippen LogP contribution in [-0.4, -0.2) is 23.1 Å². The molecule has 1 heterocycles. The first-order chi connectivity index (χ1) is 6.27. The highest BCUT2D eigenvalue weighted by molar-refractivity contribution is 5.28. The van der Waals surface area contributed by atoms with Gasteiger partial charge in [0.05, 0.1) is 0 Å². The highest BCUT2D eigenvalue weighted by Gasteiger charge is 2.00. The van der Waals surface area contributed by atoms with Crippen LogP contribution >= 0.6 is 0 Å². The molecule has 0 radical (unpaired) electrons. The number of rotatable bonds is 4. The summed E-state index contributed by atoms with van der Waals surface area (Å²) in [6.45, 7) is 5.42. The molecule has 72 valence electrons. The van der Waals surface area contributed by atoms with Gasteiger partial charge >= 0.3 is 0 Å². The van der Waals surface area contributed by atoms with Crippen molar-refractivity contribution in [2.75, 3.05) is 18.4 Å². The van der Waals surface area contributed by atoms with E-state index in [1.807, 2.05) is 13.1 Å². The quantitative estimate of drug-likeness (QED) is 0.716. The van der Waals surface area contributed by atoms with Gasteiger partial charge in [-0.05, 0) is 18.9 Å². The molecular formula is C9H16N4. The van der Waals surface area contributed by atoms with Crippen molar-refractivity contribution in [3.8, 4) is 0 Å². The number of nitrogens with zero attached hydrogens (tertiary/aromatic N) is 2. The fourth-order valence-electron chi connectivity index (χ4n) is 1.10. The number of anilines is 1. The van der Waals surface area contributed by atoms with Gasteiger partial charge in [-0.25, -0.2) is 9.97 Å². The number of hydrogen-bond donors (Lipinski definition) is 2. The van der Waals surface area contributed by atoms with Crippen molar-refractivity contribution >= 4 is 5.95 Å². The van der Waals surface area contributed by atoms with Crippen LogP contribution in [0.3, 0.4) is 0 Å². The van der Waals surface area contributed by atoms with Crippen LogP contribution in [0.2, 0.25) is 0 Å². The van der Waals surface area contributed by atoms with Gasteiger partial charge in [0.15, 0.2) is 0 Å². The zero-order valence-electron chi connectivity index (χ0n) is 8.17. The summed E-state index contributed by atoms with van der Waals surface area (Å²) < 4.78 is 0. The van der Waals surface area contributed by atoms with Gasteiger partial charge < -0.3 is 11.1 Å². The molecule has 0 bridgehead atoms. The van der Waals surface area contributed by atoms with Crippen molar-refractivity contribution in [3.63, 3.8) is 0 Å². The van der Waals surface area contributed by atoms with Gasteiger partial charge in [0, 0.05) is 25.0 Å². The summed E-state index contributed by atoms with van der Waals surface area (Å²) in [6, 6.07) is 0. The molecule has 0 amide bonds. The molecule has 1 aromatic rings. The van der Waals surface area contributed by atoms with Crippen molar-refractivity contribution in [1.82, 2.24) is 9.97 Å². The van der Waals surface area contributed by atoms with E-state index in [1.54, 1.807) is 0 Å². The Hall–Kier alpha value is -1.16. The van der Waals surface area contributed by atoms with Gasteiger partial charge in [0.2, 0.25) is 5.95 Å². The van der Waals surface area contributed by atoms with Crippen molar-refractivity contribution in [1.29, 1.82) is 0 Å². The van der Waals surface area contributed by atoms with Crippen molar-refractivity contribution in [2.24, 2.45) is 5.73 Å². The van der Waals surface area contributed by atoms with Gasteiger partial charge in [-0.3, -0.25) is 0 Å². The lowest BCUT2D eigenvalue weighted by Gasteiger charge is -2.06. The molecule has 0 aliphatic carbocycles. The zero-order valence-corrected chi connectivity index (χ0v) is 8.17. The molecule has 0 saturated heterocycles. The lowest BCUT2D eigenvalue weighted by Crippen LogP contribution is -2.15. The predicted molar refractivity (Wildman–Crippen MR) is 53.7 cm³/mol. The molecule has 1 aromatic heterocycles. The fraction of sp³-hybridized carbons (Fsp3) is 0.556. The van der Waals surface area contributed by atoms with Crippen LogP contribution in [0.25, 0.3) is 0 Å². The molecule has 0 saturated carbocycles. The lowest BCUT2D eigenvalue weighted by atomic mass is 10.2. The van der Waals surface area contributed by atoms with E-state index in [1.165, 1.54) is 0 Å². The molecule has 4 nitrogen and oxygen atoms in total. The van der Waals surface area contributed by atoms with Crippen molar-refractivity contribution in [2.45, 2.75) is 20.3 Å². The van der Waals surface area contributed by atoms with Gasteiger partial charge in [-0.1, -0.05) is 6.92 Å². The summed E-state index contributed by atoms with van der Waals surface area (Å²) >= 11 is 0. The molecule has 0 fully saturated rings. The molecule has 3 N–H and O–H groups in total. The minimum absolute atomic E-state index is 0.596. The van der Waals surface area contributed by atoms with Gasteiger partial charge in [-0.15, -0.1) is 0 Å². The second kappa shape index (κ2) is 4.77. The second-order valence-electron chi connectivity index (χ2n) is 2.89. The van der Waals surface area contributed by atoms with Crippen LogP contribution in [0, 0.1) is 6.92 Å². The van der Waals surface area contributed by atoms with Crippen LogP contribution in [0.1, 0.15) is 18.2 Å². The SMILES string of the molecule is CCc1nc(NCCN)ncc1C. The Morgan fingerprint density at radius 1 is 1.54 bits per heavy atom. The minimum Gasteiger partial charge on any atom is -0.353 e. The minimum atomic E-state index is 0.596. The van der Waals surface area contributed by atoms with E-state index >= 15 is 0 Å². The summed E-state index contributed by atoms with van der Waals surface area (Å²) in [5.74, 6) is 0.674. The number of aryl methyl sites for hydroxylation is 2. The highest BCUT2D eigenvalue weighted by Crippen LogP contribution is 2.06. The Balaban J connectivity index is 2.74. The first-order valence-corrected chi connectivity index (χ1v) is 4.54. The van der Waals surface area contributed by atoms with Crippen LogP contribution in [0.5, 0.6) is 0 Å². The van der Waals surface area contributed by atoms with E-state index in [2.05, 4.69) is 22.2 Å².